The highest BCUT2D eigenvalue weighted by molar-refractivity contribution is 7.89. The van der Waals surface area contributed by atoms with E-state index in [1.807, 2.05) is 6.92 Å². The zero-order chi connectivity index (χ0) is 12.9. The highest BCUT2D eigenvalue weighted by atomic mass is 35.5. The number of hydrogen-bond donors (Lipinski definition) is 0. The number of nitrogens with zero attached hydrogens (tertiary/aromatic N) is 2. The first kappa shape index (κ1) is 14.4. The lowest BCUT2D eigenvalue weighted by Crippen LogP contribution is -2.30. The summed E-state index contributed by atoms with van der Waals surface area (Å²) in [7, 11) is -2.11. The highest BCUT2D eigenvalue weighted by Gasteiger charge is 2.23. The maximum atomic E-state index is 12.1. The van der Waals surface area contributed by atoms with Crippen molar-refractivity contribution in [2.24, 2.45) is 0 Å². The van der Waals surface area contributed by atoms with Gasteiger partial charge in [-0.05, 0) is 19.1 Å². The zero-order valence-corrected chi connectivity index (χ0v) is 11.3. The smallest absolute Gasteiger partial charge is 0.245 e. The Bertz CT molecular complexity index is 464. The molecule has 0 N–H and O–H groups in total. The standard InChI is InChI=1S/C10H15ClN2O3S/c1-3-16-8-7-13(2)17(14,15)9-5-4-6-12-10(9)11/h4-6H,3,7-8H2,1-2H3. The van der Waals surface area contributed by atoms with Gasteiger partial charge in [0.2, 0.25) is 10.0 Å². The van der Waals surface area contributed by atoms with Crippen molar-refractivity contribution in [3.05, 3.63) is 23.5 Å². The molecule has 0 aliphatic rings. The van der Waals surface area contributed by atoms with Crippen molar-refractivity contribution < 1.29 is 13.2 Å². The summed E-state index contributed by atoms with van der Waals surface area (Å²) in [4.78, 5) is 3.77. The minimum Gasteiger partial charge on any atom is -0.380 e. The van der Waals surface area contributed by atoms with Crippen LogP contribution in [-0.2, 0) is 14.8 Å². The molecule has 0 aliphatic heterocycles. The van der Waals surface area contributed by atoms with E-state index in [2.05, 4.69) is 4.98 Å². The lowest BCUT2D eigenvalue weighted by molar-refractivity contribution is 0.138. The number of sulfonamides is 1. The van der Waals surface area contributed by atoms with E-state index < -0.39 is 10.0 Å². The molecule has 1 rings (SSSR count). The monoisotopic (exact) mass is 278 g/mol. The third kappa shape index (κ3) is 3.64. The molecular formula is C10H15ClN2O3S. The topological polar surface area (TPSA) is 59.5 Å². The normalized spacial score (nSPS) is 12.0. The second-order valence-electron chi connectivity index (χ2n) is 3.32. The molecule has 0 bridgehead atoms. The van der Waals surface area contributed by atoms with E-state index in [1.54, 1.807) is 0 Å². The van der Waals surface area contributed by atoms with Gasteiger partial charge >= 0.3 is 0 Å². The van der Waals surface area contributed by atoms with Crippen LogP contribution in [0.4, 0.5) is 0 Å². The fourth-order valence-corrected chi connectivity index (χ4v) is 2.77. The van der Waals surface area contributed by atoms with Crippen molar-refractivity contribution in [1.82, 2.24) is 9.29 Å². The Morgan fingerprint density at radius 2 is 2.24 bits per heavy atom. The number of pyridine rings is 1. The maximum Gasteiger partial charge on any atom is 0.245 e. The van der Waals surface area contributed by atoms with Crippen LogP contribution in [0.15, 0.2) is 23.2 Å². The van der Waals surface area contributed by atoms with Crippen molar-refractivity contribution in [3.63, 3.8) is 0 Å². The third-order valence-corrected chi connectivity index (χ3v) is 4.47. The van der Waals surface area contributed by atoms with E-state index in [-0.39, 0.29) is 16.6 Å². The summed E-state index contributed by atoms with van der Waals surface area (Å²) in [5, 5.41) is -0.0178. The summed E-state index contributed by atoms with van der Waals surface area (Å²) in [5.41, 5.74) is 0. The molecule has 0 spiro atoms. The Labute approximate surface area is 106 Å². The highest BCUT2D eigenvalue weighted by Crippen LogP contribution is 2.20. The van der Waals surface area contributed by atoms with Gasteiger partial charge in [0.1, 0.15) is 10.0 Å². The molecule has 0 aromatic carbocycles. The van der Waals surface area contributed by atoms with Crippen LogP contribution in [0.2, 0.25) is 5.15 Å². The van der Waals surface area contributed by atoms with Crippen LogP contribution < -0.4 is 0 Å². The molecule has 96 valence electrons. The second kappa shape index (κ2) is 6.30. The summed E-state index contributed by atoms with van der Waals surface area (Å²) >= 11 is 5.77. The van der Waals surface area contributed by atoms with Crippen molar-refractivity contribution in [3.8, 4) is 0 Å². The Morgan fingerprint density at radius 1 is 1.53 bits per heavy atom. The fourth-order valence-electron chi connectivity index (χ4n) is 1.19. The minimum atomic E-state index is -3.59. The van der Waals surface area contributed by atoms with Gasteiger partial charge in [-0.15, -0.1) is 0 Å². The van der Waals surface area contributed by atoms with E-state index >= 15 is 0 Å². The van der Waals surface area contributed by atoms with Gasteiger partial charge in [-0.3, -0.25) is 0 Å². The van der Waals surface area contributed by atoms with Gasteiger partial charge in [-0.25, -0.2) is 13.4 Å². The molecule has 0 atom stereocenters. The quantitative estimate of drug-likeness (QED) is 0.583. The molecule has 7 heteroatoms. The predicted molar refractivity (Wildman–Crippen MR) is 65.6 cm³/mol. The Hall–Kier alpha value is -0.690. The number of likely N-dealkylation sites (N-methyl/N-ethyl adjacent to an activating group) is 1. The van der Waals surface area contributed by atoms with Gasteiger partial charge in [0.05, 0.1) is 6.61 Å². The Balaban J connectivity index is 2.85. The van der Waals surface area contributed by atoms with Crippen LogP contribution in [0, 0.1) is 0 Å². The second-order valence-corrected chi connectivity index (χ2v) is 5.69. The number of halogens is 1. The van der Waals surface area contributed by atoms with Crippen LogP contribution in [0.25, 0.3) is 0 Å². The molecule has 0 fully saturated rings. The first-order valence-corrected chi connectivity index (χ1v) is 6.96. The first-order chi connectivity index (χ1) is 8.00. The van der Waals surface area contributed by atoms with Crippen molar-refractivity contribution in [1.29, 1.82) is 0 Å². The molecule has 17 heavy (non-hydrogen) atoms. The van der Waals surface area contributed by atoms with E-state index in [4.69, 9.17) is 16.3 Å². The maximum absolute atomic E-state index is 12.1. The summed E-state index contributed by atoms with van der Waals surface area (Å²) in [6.45, 7) is 3.04. The average Bonchev–Trinajstić information content (AvgIpc) is 2.29. The lowest BCUT2D eigenvalue weighted by Gasteiger charge is -2.17. The average molecular weight is 279 g/mol. The molecule has 0 unspecified atom stereocenters. The van der Waals surface area contributed by atoms with Gasteiger partial charge in [0.15, 0.2) is 0 Å². The first-order valence-electron chi connectivity index (χ1n) is 5.14. The molecule has 1 aromatic rings. The largest absolute Gasteiger partial charge is 0.380 e. The van der Waals surface area contributed by atoms with Crippen LogP contribution in [0.3, 0.4) is 0 Å². The van der Waals surface area contributed by atoms with Gasteiger partial charge in [-0.2, -0.15) is 4.31 Å². The number of hydrogen-bond acceptors (Lipinski definition) is 4. The molecule has 0 saturated carbocycles. The molecule has 5 nitrogen and oxygen atoms in total. The fraction of sp³-hybridized carbons (Fsp3) is 0.500. The van der Waals surface area contributed by atoms with Crippen LogP contribution in [-0.4, -0.2) is 44.5 Å². The molecule has 1 aromatic heterocycles. The van der Waals surface area contributed by atoms with Crippen molar-refractivity contribution in [2.45, 2.75) is 11.8 Å². The van der Waals surface area contributed by atoms with Crippen LogP contribution >= 0.6 is 11.6 Å². The number of ether oxygens (including phenoxy) is 1. The lowest BCUT2D eigenvalue weighted by atomic mass is 10.5. The molecule has 0 saturated heterocycles. The van der Waals surface area contributed by atoms with Gasteiger partial charge in [-0.1, -0.05) is 11.6 Å². The van der Waals surface area contributed by atoms with E-state index in [0.29, 0.717) is 13.2 Å². The Morgan fingerprint density at radius 3 is 2.82 bits per heavy atom. The van der Waals surface area contributed by atoms with Crippen LogP contribution in [0.1, 0.15) is 6.92 Å². The van der Waals surface area contributed by atoms with Crippen LogP contribution in [0.5, 0.6) is 0 Å². The molecule has 1 heterocycles. The van der Waals surface area contributed by atoms with E-state index in [0.717, 1.165) is 0 Å². The van der Waals surface area contributed by atoms with E-state index in [9.17, 15) is 8.42 Å². The number of rotatable bonds is 6. The summed E-state index contributed by atoms with van der Waals surface area (Å²) in [5.74, 6) is 0. The molecule has 0 aliphatic carbocycles. The third-order valence-electron chi connectivity index (χ3n) is 2.17. The summed E-state index contributed by atoms with van der Waals surface area (Å²) < 4.78 is 30.5. The summed E-state index contributed by atoms with van der Waals surface area (Å²) in [6, 6.07) is 2.97. The molecular weight excluding hydrogens is 264 g/mol. The van der Waals surface area contributed by atoms with E-state index in [1.165, 1.54) is 29.7 Å². The van der Waals surface area contributed by atoms with Crippen molar-refractivity contribution >= 4 is 21.6 Å². The molecule has 0 radical (unpaired) electrons. The predicted octanol–water partition coefficient (Wildman–Crippen LogP) is 1.39. The Kier molecular flexibility index (Phi) is 5.32. The van der Waals surface area contributed by atoms with Gasteiger partial charge in [0, 0.05) is 26.4 Å². The minimum absolute atomic E-state index is 0.0145. The van der Waals surface area contributed by atoms with Gasteiger partial charge < -0.3 is 4.74 Å². The number of aromatic nitrogens is 1. The molecule has 0 amide bonds. The van der Waals surface area contributed by atoms with Crippen molar-refractivity contribution in [2.75, 3.05) is 26.8 Å². The zero-order valence-electron chi connectivity index (χ0n) is 9.76. The SMILES string of the molecule is CCOCCN(C)S(=O)(=O)c1cccnc1Cl. The summed E-state index contributed by atoms with van der Waals surface area (Å²) in [6.07, 6.45) is 1.45. The van der Waals surface area contributed by atoms with Gasteiger partial charge in [0.25, 0.3) is 0 Å².